The number of unbranched alkanes of at least 4 members (excludes halogenated alkanes) is 25. The van der Waals surface area contributed by atoms with Crippen molar-refractivity contribution in [2.24, 2.45) is 0 Å². The number of hydrogen-bond donors (Lipinski definition) is 0. The average molecular weight is 1090 g/mol. The molecule has 0 radical (unpaired) electrons. The van der Waals surface area contributed by atoms with Crippen molar-refractivity contribution >= 4 is 17.9 Å². The number of rotatable bonds is 58. The van der Waals surface area contributed by atoms with Crippen LogP contribution in [0.25, 0.3) is 0 Å². The Morgan fingerprint density at radius 2 is 0.506 bits per heavy atom. The third-order valence-corrected chi connectivity index (χ3v) is 13.6. The molecule has 1 atom stereocenters. The first-order chi connectivity index (χ1) is 39.0. The number of carbonyl (C=O) groups excluding carboxylic acids is 3. The van der Waals surface area contributed by atoms with Crippen LogP contribution in [0.5, 0.6) is 0 Å². The molecule has 0 aliphatic carbocycles. The molecule has 0 aromatic carbocycles. The zero-order valence-electron chi connectivity index (χ0n) is 51.3. The minimum absolute atomic E-state index is 0.0981. The summed E-state index contributed by atoms with van der Waals surface area (Å²) in [5.74, 6) is -0.966. The SMILES string of the molecule is CC/C=C\C/C=C\C/C=C\C/C=C\C/C=C\C/C=C\C/C=C\C/C=C\C/C=C\CCCC(=O)OCC(COC(=O)CCCCCCCCC)OC(=O)CCCCCCCCCCCCCCC/C=C\C/C=C\CCCCCCC. The fraction of sp³-hybridized carbons (Fsp3) is 0.658. The molecule has 0 aliphatic rings. The van der Waals surface area contributed by atoms with E-state index in [-0.39, 0.29) is 37.5 Å². The summed E-state index contributed by atoms with van der Waals surface area (Å²) in [6, 6.07) is 0. The van der Waals surface area contributed by atoms with Crippen LogP contribution < -0.4 is 0 Å². The molecule has 6 nitrogen and oxygen atoms in total. The van der Waals surface area contributed by atoms with Gasteiger partial charge in [-0.05, 0) is 116 Å². The Morgan fingerprint density at radius 1 is 0.266 bits per heavy atom. The van der Waals surface area contributed by atoms with E-state index in [1.807, 2.05) is 0 Å². The van der Waals surface area contributed by atoms with Crippen LogP contribution in [0.2, 0.25) is 0 Å². The molecule has 0 aromatic rings. The van der Waals surface area contributed by atoms with Gasteiger partial charge in [0, 0.05) is 19.3 Å². The number of allylic oxidation sites excluding steroid dienone is 22. The molecule has 0 bridgehead atoms. The van der Waals surface area contributed by atoms with Crippen molar-refractivity contribution in [1.29, 1.82) is 0 Å². The summed E-state index contributed by atoms with van der Waals surface area (Å²) in [6.07, 6.45) is 93.5. The standard InChI is InChI=1S/C73H120O6/c1-4-7-10-13-16-18-20-22-24-26-28-30-32-34-35-36-37-39-40-42-44-46-48-50-52-54-57-60-63-66-72(75)78-69-70(68-77-71(74)65-62-59-56-15-12-9-6-3)79-73(76)67-64-61-58-55-53-51-49-47-45-43-41-38-33-31-29-27-25-23-21-19-17-14-11-8-5-2/h7,10,16,18,21-24,27-30,34-35,37,39,42,44,48,50,54,57,70H,4-6,8-9,11-15,17,19-20,25-26,31-33,36,38,40-41,43,45-47,49,51-53,55-56,58-69H2,1-3H3/b10-7-,18-16-,23-21-,24-22-,29-27-,30-28-,35-34-,39-37-,44-42-,50-48-,57-54-. The molecular weight excluding hydrogens is 973 g/mol. The second-order valence-corrected chi connectivity index (χ2v) is 21.3. The Hall–Kier alpha value is -4.45. The van der Waals surface area contributed by atoms with Crippen molar-refractivity contribution in [3.63, 3.8) is 0 Å². The molecule has 1 unspecified atom stereocenters. The van der Waals surface area contributed by atoms with Crippen molar-refractivity contribution in [2.75, 3.05) is 13.2 Å². The van der Waals surface area contributed by atoms with Crippen LogP contribution in [0.4, 0.5) is 0 Å². The van der Waals surface area contributed by atoms with Crippen LogP contribution in [0, 0.1) is 0 Å². The minimum atomic E-state index is -0.804. The van der Waals surface area contributed by atoms with E-state index in [1.54, 1.807) is 0 Å². The van der Waals surface area contributed by atoms with E-state index in [4.69, 9.17) is 14.2 Å². The zero-order valence-corrected chi connectivity index (χ0v) is 51.3. The Bertz CT molecular complexity index is 1680. The van der Waals surface area contributed by atoms with Gasteiger partial charge >= 0.3 is 17.9 Å². The fourth-order valence-corrected chi connectivity index (χ4v) is 8.77. The topological polar surface area (TPSA) is 78.9 Å². The first-order valence-electron chi connectivity index (χ1n) is 32.7. The van der Waals surface area contributed by atoms with Gasteiger partial charge in [-0.2, -0.15) is 0 Å². The van der Waals surface area contributed by atoms with Crippen LogP contribution in [0.3, 0.4) is 0 Å². The molecule has 0 saturated carbocycles. The quantitative estimate of drug-likeness (QED) is 0.0261. The molecule has 0 saturated heterocycles. The predicted octanol–water partition coefficient (Wildman–Crippen LogP) is 22.5. The average Bonchev–Trinajstić information content (AvgIpc) is 3.45. The van der Waals surface area contributed by atoms with Gasteiger partial charge in [0.25, 0.3) is 0 Å². The van der Waals surface area contributed by atoms with Gasteiger partial charge in [0.15, 0.2) is 6.10 Å². The normalized spacial score (nSPS) is 13.0. The monoisotopic (exact) mass is 1090 g/mol. The van der Waals surface area contributed by atoms with Crippen LogP contribution >= 0.6 is 0 Å². The van der Waals surface area contributed by atoms with Gasteiger partial charge in [-0.25, -0.2) is 0 Å². The smallest absolute Gasteiger partial charge is 0.306 e. The summed E-state index contributed by atoms with van der Waals surface area (Å²) in [7, 11) is 0. The van der Waals surface area contributed by atoms with Crippen LogP contribution in [0.15, 0.2) is 134 Å². The zero-order chi connectivity index (χ0) is 57.1. The molecule has 79 heavy (non-hydrogen) atoms. The summed E-state index contributed by atoms with van der Waals surface area (Å²) in [4.78, 5) is 38.1. The second kappa shape index (κ2) is 66.1. The third kappa shape index (κ3) is 64.3. The lowest BCUT2D eigenvalue weighted by Gasteiger charge is -2.18. The highest BCUT2D eigenvalue weighted by Gasteiger charge is 2.19. The molecular formula is C73H120O6. The first kappa shape index (κ1) is 74.5. The van der Waals surface area contributed by atoms with Crippen LogP contribution in [0.1, 0.15) is 290 Å². The highest BCUT2D eigenvalue weighted by Crippen LogP contribution is 2.15. The Labute approximate surface area is 487 Å². The molecule has 0 N–H and O–H groups in total. The van der Waals surface area contributed by atoms with E-state index >= 15 is 0 Å². The van der Waals surface area contributed by atoms with Crippen molar-refractivity contribution in [3.8, 4) is 0 Å². The molecule has 0 aliphatic heterocycles. The van der Waals surface area contributed by atoms with Gasteiger partial charge in [0.05, 0.1) is 0 Å². The van der Waals surface area contributed by atoms with E-state index in [2.05, 4.69) is 154 Å². The molecule has 0 amide bonds. The second-order valence-electron chi connectivity index (χ2n) is 21.3. The van der Waals surface area contributed by atoms with E-state index in [1.165, 1.54) is 135 Å². The summed E-state index contributed by atoms with van der Waals surface area (Å²) in [5, 5.41) is 0. The molecule has 448 valence electrons. The van der Waals surface area contributed by atoms with E-state index in [0.717, 1.165) is 109 Å². The Kier molecular flexibility index (Phi) is 62.3. The first-order valence-corrected chi connectivity index (χ1v) is 32.7. The molecule has 0 spiro atoms. The van der Waals surface area contributed by atoms with Crippen molar-refractivity contribution in [2.45, 2.75) is 297 Å². The van der Waals surface area contributed by atoms with Gasteiger partial charge in [-0.1, -0.05) is 289 Å². The van der Waals surface area contributed by atoms with Gasteiger partial charge in [0.1, 0.15) is 13.2 Å². The van der Waals surface area contributed by atoms with Crippen LogP contribution in [-0.2, 0) is 28.6 Å². The summed E-state index contributed by atoms with van der Waals surface area (Å²) in [6.45, 7) is 6.43. The number of carbonyl (C=O) groups is 3. The maximum Gasteiger partial charge on any atom is 0.306 e. The van der Waals surface area contributed by atoms with Gasteiger partial charge in [-0.3, -0.25) is 14.4 Å². The van der Waals surface area contributed by atoms with Gasteiger partial charge < -0.3 is 14.2 Å². The van der Waals surface area contributed by atoms with Crippen LogP contribution in [-0.4, -0.2) is 37.2 Å². The highest BCUT2D eigenvalue weighted by atomic mass is 16.6. The number of hydrogen-bond acceptors (Lipinski definition) is 6. The molecule has 0 rings (SSSR count). The Balaban J connectivity index is 4.26. The van der Waals surface area contributed by atoms with Crippen molar-refractivity contribution < 1.29 is 28.6 Å². The maximum atomic E-state index is 12.9. The summed E-state index contributed by atoms with van der Waals surface area (Å²) in [5.41, 5.74) is 0. The molecule has 0 fully saturated rings. The fourth-order valence-electron chi connectivity index (χ4n) is 8.77. The van der Waals surface area contributed by atoms with E-state index in [9.17, 15) is 14.4 Å². The number of ether oxygens (including phenoxy) is 3. The lowest BCUT2D eigenvalue weighted by molar-refractivity contribution is -0.167. The summed E-state index contributed by atoms with van der Waals surface area (Å²) >= 11 is 0. The van der Waals surface area contributed by atoms with Gasteiger partial charge in [0.2, 0.25) is 0 Å². The number of esters is 3. The largest absolute Gasteiger partial charge is 0.462 e. The van der Waals surface area contributed by atoms with Crippen molar-refractivity contribution in [1.82, 2.24) is 0 Å². The third-order valence-electron chi connectivity index (χ3n) is 13.6. The molecule has 0 heterocycles. The Morgan fingerprint density at radius 3 is 0.823 bits per heavy atom. The lowest BCUT2D eigenvalue weighted by Crippen LogP contribution is -2.30. The van der Waals surface area contributed by atoms with Gasteiger partial charge in [-0.15, -0.1) is 0 Å². The summed E-state index contributed by atoms with van der Waals surface area (Å²) < 4.78 is 16.8. The lowest BCUT2D eigenvalue weighted by atomic mass is 10.0. The van der Waals surface area contributed by atoms with E-state index in [0.29, 0.717) is 19.3 Å². The maximum absolute atomic E-state index is 12.9. The highest BCUT2D eigenvalue weighted by molar-refractivity contribution is 5.71. The molecule has 0 aromatic heterocycles. The predicted molar refractivity (Wildman–Crippen MR) is 343 cm³/mol. The molecule has 6 heteroatoms. The van der Waals surface area contributed by atoms with E-state index < -0.39 is 6.10 Å². The minimum Gasteiger partial charge on any atom is -0.462 e. The van der Waals surface area contributed by atoms with Crippen molar-refractivity contribution in [3.05, 3.63) is 134 Å².